The van der Waals surface area contributed by atoms with Gasteiger partial charge in [-0.05, 0) is 6.07 Å². The van der Waals surface area contributed by atoms with Crippen LogP contribution in [-0.4, -0.2) is 10.1 Å². The third-order valence-electron chi connectivity index (χ3n) is 1.28. The largest absolute Gasteiger partial charge is 0.396 e. The SMILES string of the molecule is Nc1ccnc2cnoc12. The number of anilines is 1. The van der Waals surface area contributed by atoms with Gasteiger partial charge in [0.1, 0.15) is 5.52 Å². The highest BCUT2D eigenvalue weighted by molar-refractivity contribution is 5.82. The van der Waals surface area contributed by atoms with Crippen LogP contribution in [-0.2, 0) is 0 Å². The summed E-state index contributed by atoms with van der Waals surface area (Å²) in [5, 5.41) is 3.54. The highest BCUT2D eigenvalue weighted by Gasteiger charge is 2.00. The lowest BCUT2D eigenvalue weighted by atomic mass is 10.3. The molecule has 0 fully saturated rings. The van der Waals surface area contributed by atoms with Gasteiger partial charge in [-0.25, -0.2) is 0 Å². The summed E-state index contributed by atoms with van der Waals surface area (Å²) in [5.74, 6) is 0. The van der Waals surface area contributed by atoms with Crippen LogP contribution in [0.2, 0.25) is 0 Å². The van der Waals surface area contributed by atoms with Crippen molar-refractivity contribution in [3.05, 3.63) is 18.5 Å². The van der Waals surface area contributed by atoms with E-state index < -0.39 is 0 Å². The highest BCUT2D eigenvalue weighted by atomic mass is 16.5. The quantitative estimate of drug-likeness (QED) is 0.580. The van der Waals surface area contributed by atoms with E-state index in [1.54, 1.807) is 12.3 Å². The fraction of sp³-hybridized carbons (Fsp3) is 0. The summed E-state index contributed by atoms with van der Waals surface area (Å²) in [4.78, 5) is 3.97. The van der Waals surface area contributed by atoms with E-state index in [0.29, 0.717) is 16.8 Å². The zero-order chi connectivity index (χ0) is 6.97. The molecule has 0 atom stereocenters. The molecule has 2 N–H and O–H groups in total. The molecule has 0 amide bonds. The number of rotatable bonds is 0. The first-order chi connectivity index (χ1) is 4.88. The van der Waals surface area contributed by atoms with Crippen LogP contribution < -0.4 is 5.73 Å². The van der Waals surface area contributed by atoms with Crippen LogP contribution >= 0.6 is 0 Å². The van der Waals surface area contributed by atoms with Gasteiger partial charge in [-0.3, -0.25) is 4.98 Å². The first-order valence-electron chi connectivity index (χ1n) is 2.83. The number of nitrogens with zero attached hydrogens (tertiary/aromatic N) is 2. The maximum atomic E-state index is 5.53. The molecular weight excluding hydrogens is 130 g/mol. The van der Waals surface area contributed by atoms with Crippen molar-refractivity contribution in [3.63, 3.8) is 0 Å². The van der Waals surface area contributed by atoms with Crippen LogP contribution in [0.4, 0.5) is 5.69 Å². The van der Waals surface area contributed by atoms with Gasteiger partial charge < -0.3 is 10.3 Å². The molecule has 2 rings (SSSR count). The molecule has 2 aromatic heterocycles. The molecule has 4 nitrogen and oxygen atoms in total. The minimum atomic E-state index is 0.558. The van der Waals surface area contributed by atoms with E-state index in [-0.39, 0.29) is 0 Å². The Morgan fingerprint density at radius 3 is 3.20 bits per heavy atom. The second-order valence-electron chi connectivity index (χ2n) is 1.94. The van der Waals surface area contributed by atoms with Gasteiger partial charge in [-0.2, -0.15) is 0 Å². The smallest absolute Gasteiger partial charge is 0.208 e. The van der Waals surface area contributed by atoms with Crippen molar-refractivity contribution in [2.45, 2.75) is 0 Å². The molecule has 0 spiro atoms. The Bertz CT molecular complexity index is 355. The van der Waals surface area contributed by atoms with Crippen LogP contribution in [0.15, 0.2) is 23.0 Å². The topological polar surface area (TPSA) is 64.9 Å². The van der Waals surface area contributed by atoms with E-state index in [9.17, 15) is 0 Å². The van der Waals surface area contributed by atoms with Crippen LogP contribution in [0.5, 0.6) is 0 Å². The Morgan fingerprint density at radius 1 is 1.50 bits per heavy atom. The number of hydrogen-bond donors (Lipinski definition) is 1. The van der Waals surface area contributed by atoms with Gasteiger partial charge in [0.25, 0.3) is 0 Å². The maximum Gasteiger partial charge on any atom is 0.208 e. The number of aromatic nitrogens is 2. The molecule has 50 valence electrons. The molecule has 0 aliphatic rings. The fourth-order valence-electron chi connectivity index (χ4n) is 0.800. The molecule has 0 radical (unpaired) electrons. The van der Waals surface area contributed by atoms with E-state index in [1.165, 1.54) is 6.20 Å². The Hall–Kier alpha value is -1.58. The molecule has 4 heteroatoms. The summed E-state index contributed by atoms with van der Waals surface area (Å²) in [6.07, 6.45) is 3.15. The Balaban J connectivity index is 2.95. The van der Waals surface area contributed by atoms with Crippen LogP contribution in [0, 0.1) is 0 Å². The summed E-state index contributed by atoms with van der Waals surface area (Å²) in [6, 6.07) is 1.67. The van der Waals surface area contributed by atoms with E-state index in [2.05, 4.69) is 10.1 Å². The van der Waals surface area contributed by atoms with Gasteiger partial charge in [-0.1, -0.05) is 5.16 Å². The van der Waals surface area contributed by atoms with E-state index in [1.807, 2.05) is 0 Å². The number of fused-ring (bicyclic) bond motifs is 1. The molecule has 2 aromatic rings. The number of nitrogen functional groups attached to an aromatic ring is 1. The lowest BCUT2D eigenvalue weighted by Gasteiger charge is -1.88. The fourth-order valence-corrected chi connectivity index (χ4v) is 0.800. The third-order valence-corrected chi connectivity index (χ3v) is 1.28. The second kappa shape index (κ2) is 1.70. The predicted octanol–water partition coefficient (Wildman–Crippen LogP) is 0.805. The molecule has 10 heavy (non-hydrogen) atoms. The van der Waals surface area contributed by atoms with Gasteiger partial charge in [0.05, 0.1) is 11.9 Å². The van der Waals surface area contributed by atoms with Crippen molar-refractivity contribution < 1.29 is 4.52 Å². The van der Waals surface area contributed by atoms with Gasteiger partial charge in [-0.15, -0.1) is 0 Å². The number of pyridine rings is 1. The highest BCUT2D eigenvalue weighted by Crippen LogP contribution is 2.16. The minimum Gasteiger partial charge on any atom is -0.396 e. The molecule has 0 saturated carbocycles. The van der Waals surface area contributed by atoms with Gasteiger partial charge in [0.2, 0.25) is 5.58 Å². The van der Waals surface area contributed by atoms with Crippen molar-refractivity contribution in [3.8, 4) is 0 Å². The molecule has 0 bridgehead atoms. The number of nitrogens with two attached hydrogens (primary N) is 1. The average Bonchev–Trinajstić information content (AvgIpc) is 2.36. The molecule has 0 unspecified atom stereocenters. The van der Waals surface area contributed by atoms with Crippen molar-refractivity contribution >= 4 is 16.8 Å². The van der Waals surface area contributed by atoms with E-state index in [4.69, 9.17) is 10.3 Å². The Kier molecular flexibility index (Phi) is 0.887. The second-order valence-corrected chi connectivity index (χ2v) is 1.94. The van der Waals surface area contributed by atoms with Crippen LogP contribution in [0.3, 0.4) is 0 Å². The summed E-state index contributed by atoms with van der Waals surface area (Å²) < 4.78 is 4.81. The average molecular weight is 135 g/mol. The first-order valence-corrected chi connectivity index (χ1v) is 2.83. The molecular formula is C6H5N3O. The minimum absolute atomic E-state index is 0.558. The monoisotopic (exact) mass is 135 g/mol. The lowest BCUT2D eigenvalue weighted by molar-refractivity contribution is 0.457. The summed E-state index contributed by atoms with van der Waals surface area (Å²) in [7, 11) is 0. The molecule has 0 aliphatic carbocycles. The summed E-state index contributed by atoms with van der Waals surface area (Å²) in [6.45, 7) is 0. The van der Waals surface area contributed by atoms with Crippen molar-refractivity contribution in [2.24, 2.45) is 0 Å². The predicted molar refractivity (Wildman–Crippen MR) is 36.2 cm³/mol. The molecule has 0 aromatic carbocycles. The van der Waals surface area contributed by atoms with Gasteiger partial charge in [0, 0.05) is 6.20 Å². The molecule has 0 aliphatic heterocycles. The van der Waals surface area contributed by atoms with Crippen molar-refractivity contribution in [1.29, 1.82) is 0 Å². The van der Waals surface area contributed by atoms with Gasteiger partial charge >= 0.3 is 0 Å². The van der Waals surface area contributed by atoms with Crippen LogP contribution in [0.25, 0.3) is 11.1 Å². The Morgan fingerprint density at radius 2 is 2.40 bits per heavy atom. The Labute approximate surface area is 56.6 Å². The zero-order valence-electron chi connectivity index (χ0n) is 5.11. The van der Waals surface area contributed by atoms with Crippen LogP contribution in [0.1, 0.15) is 0 Å². The lowest BCUT2D eigenvalue weighted by Crippen LogP contribution is -1.84. The van der Waals surface area contributed by atoms with Crippen molar-refractivity contribution in [1.82, 2.24) is 10.1 Å². The zero-order valence-corrected chi connectivity index (χ0v) is 5.11. The van der Waals surface area contributed by atoms with E-state index >= 15 is 0 Å². The van der Waals surface area contributed by atoms with Crippen molar-refractivity contribution in [2.75, 3.05) is 5.73 Å². The summed E-state index contributed by atoms with van der Waals surface area (Å²) in [5.41, 5.74) is 7.35. The summed E-state index contributed by atoms with van der Waals surface area (Å²) >= 11 is 0. The standard InChI is InChI=1S/C6H5N3O/c7-4-1-2-8-5-3-9-10-6(4)5/h1-3H,(H2,7,8). The number of hydrogen-bond acceptors (Lipinski definition) is 4. The van der Waals surface area contributed by atoms with E-state index in [0.717, 1.165) is 0 Å². The molecule has 0 saturated heterocycles. The van der Waals surface area contributed by atoms with Gasteiger partial charge in [0.15, 0.2) is 0 Å². The first kappa shape index (κ1) is 5.22. The third kappa shape index (κ3) is 0.556. The molecule has 2 heterocycles. The normalized spacial score (nSPS) is 10.4. The maximum absolute atomic E-state index is 5.53.